The molecule has 0 aromatic heterocycles. The van der Waals surface area contributed by atoms with Gasteiger partial charge in [0, 0.05) is 6.42 Å². The summed E-state index contributed by atoms with van der Waals surface area (Å²) in [5.74, 6) is 2.53. The highest BCUT2D eigenvalue weighted by molar-refractivity contribution is 5.16. The molecule has 0 aromatic rings. The van der Waals surface area contributed by atoms with Gasteiger partial charge in [-0.25, -0.2) is 0 Å². The molecule has 0 atom stereocenters. The molecular weight excluding hydrogens is 108 g/mol. The predicted octanol–water partition coefficient (Wildman–Crippen LogP) is 2.53. The van der Waals surface area contributed by atoms with E-state index in [1.165, 1.54) is 5.57 Å². The van der Waals surface area contributed by atoms with Crippen molar-refractivity contribution >= 4 is 0 Å². The summed E-state index contributed by atoms with van der Waals surface area (Å²) < 4.78 is 0. The Bertz CT molecular complexity index is 153. The zero-order valence-corrected chi connectivity index (χ0v) is 6.02. The summed E-state index contributed by atoms with van der Waals surface area (Å²) in [4.78, 5) is 0. The van der Waals surface area contributed by atoms with Crippen LogP contribution >= 0.6 is 0 Å². The van der Waals surface area contributed by atoms with Crippen LogP contribution in [-0.2, 0) is 0 Å². The molecule has 0 saturated heterocycles. The molecule has 0 aliphatic rings. The van der Waals surface area contributed by atoms with Crippen LogP contribution < -0.4 is 0 Å². The zero-order valence-electron chi connectivity index (χ0n) is 6.02. The van der Waals surface area contributed by atoms with Gasteiger partial charge in [-0.3, -0.25) is 0 Å². The van der Waals surface area contributed by atoms with E-state index in [0.717, 1.165) is 6.42 Å². The van der Waals surface area contributed by atoms with Crippen LogP contribution in [-0.4, -0.2) is 0 Å². The van der Waals surface area contributed by atoms with Gasteiger partial charge in [0.05, 0.1) is 0 Å². The molecule has 48 valence electrons. The summed E-state index contributed by atoms with van der Waals surface area (Å²) in [6.07, 6.45) is 11.8. The highest BCUT2D eigenvalue weighted by Gasteiger charge is 1.73. The van der Waals surface area contributed by atoms with Gasteiger partial charge >= 0.3 is 0 Å². The maximum Gasteiger partial charge on any atom is 0.0270 e. The lowest BCUT2D eigenvalue weighted by atomic mass is 10.2. The SMILES string of the molecule is C#CCC=CC(C)=CC. The van der Waals surface area contributed by atoms with Gasteiger partial charge in [0.15, 0.2) is 0 Å². The lowest BCUT2D eigenvalue weighted by Crippen LogP contribution is -1.64. The molecule has 0 rings (SSSR count). The van der Waals surface area contributed by atoms with E-state index in [9.17, 15) is 0 Å². The van der Waals surface area contributed by atoms with Crippen molar-refractivity contribution in [3.05, 3.63) is 23.8 Å². The average molecular weight is 120 g/mol. The highest BCUT2D eigenvalue weighted by atomic mass is 13.8. The summed E-state index contributed by atoms with van der Waals surface area (Å²) in [5.41, 5.74) is 1.25. The van der Waals surface area contributed by atoms with Crippen molar-refractivity contribution in [3.8, 4) is 12.3 Å². The van der Waals surface area contributed by atoms with E-state index in [-0.39, 0.29) is 0 Å². The Morgan fingerprint density at radius 1 is 1.67 bits per heavy atom. The molecule has 0 heterocycles. The highest BCUT2D eigenvalue weighted by Crippen LogP contribution is 1.93. The standard InChI is InChI=1S/C9H12/c1-4-6-7-8-9(3)5-2/h1,5,7-8H,6H2,2-3H3. The Hall–Kier alpha value is -0.960. The van der Waals surface area contributed by atoms with E-state index in [0.29, 0.717) is 0 Å². The van der Waals surface area contributed by atoms with Crippen LogP contribution in [0, 0.1) is 12.3 Å². The Kier molecular flexibility index (Phi) is 4.63. The second-order valence-corrected chi connectivity index (χ2v) is 1.84. The van der Waals surface area contributed by atoms with Gasteiger partial charge in [0.2, 0.25) is 0 Å². The van der Waals surface area contributed by atoms with Gasteiger partial charge in [-0.05, 0) is 13.8 Å². The second kappa shape index (κ2) is 5.18. The van der Waals surface area contributed by atoms with Crippen LogP contribution in [0.15, 0.2) is 23.8 Å². The molecule has 0 radical (unpaired) electrons. The molecule has 0 aliphatic carbocycles. The first-order chi connectivity index (χ1) is 4.31. The molecule has 0 amide bonds. The van der Waals surface area contributed by atoms with Gasteiger partial charge in [-0.2, -0.15) is 0 Å². The first-order valence-corrected chi connectivity index (χ1v) is 3.04. The molecule has 0 saturated carbocycles. The maximum atomic E-state index is 5.04. The molecule has 0 nitrogen and oxygen atoms in total. The smallest absolute Gasteiger partial charge is 0.0270 e. The van der Waals surface area contributed by atoms with E-state index >= 15 is 0 Å². The molecule has 0 unspecified atom stereocenters. The summed E-state index contributed by atoms with van der Waals surface area (Å²) >= 11 is 0. The van der Waals surface area contributed by atoms with Gasteiger partial charge in [-0.15, -0.1) is 12.3 Å². The Labute approximate surface area is 57.3 Å². The second-order valence-electron chi connectivity index (χ2n) is 1.84. The first kappa shape index (κ1) is 8.04. The van der Waals surface area contributed by atoms with Crippen LogP contribution in [0.25, 0.3) is 0 Å². The third-order valence-corrected chi connectivity index (χ3v) is 1.07. The third-order valence-electron chi connectivity index (χ3n) is 1.07. The van der Waals surface area contributed by atoms with E-state index in [1.807, 2.05) is 32.1 Å². The minimum atomic E-state index is 0.727. The van der Waals surface area contributed by atoms with Crippen molar-refractivity contribution < 1.29 is 0 Å². The largest absolute Gasteiger partial charge is 0.120 e. The Morgan fingerprint density at radius 2 is 2.33 bits per heavy atom. The van der Waals surface area contributed by atoms with Gasteiger partial charge in [-0.1, -0.05) is 23.8 Å². The van der Waals surface area contributed by atoms with Gasteiger partial charge in [0.1, 0.15) is 0 Å². The minimum absolute atomic E-state index is 0.727. The zero-order chi connectivity index (χ0) is 7.11. The number of terminal acetylenes is 1. The number of allylic oxidation sites excluding steroid dienone is 4. The van der Waals surface area contributed by atoms with E-state index in [1.54, 1.807) is 0 Å². The fourth-order valence-electron chi connectivity index (χ4n) is 0.409. The maximum absolute atomic E-state index is 5.04. The Balaban J connectivity index is 3.61. The van der Waals surface area contributed by atoms with Crippen molar-refractivity contribution in [1.29, 1.82) is 0 Å². The molecule has 9 heavy (non-hydrogen) atoms. The normalized spacial score (nSPS) is 11.9. The molecule has 0 bridgehead atoms. The van der Waals surface area contributed by atoms with Gasteiger partial charge in [0.25, 0.3) is 0 Å². The summed E-state index contributed by atoms with van der Waals surface area (Å²) in [7, 11) is 0. The van der Waals surface area contributed by atoms with Crippen LogP contribution in [0.2, 0.25) is 0 Å². The molecular formula is C9H12. The average Bonchev–Trinajstić information content (AvgIpc) is 1.89. The molecule has 0 spiro atoms. The van der Waals surface area contributed by atoms with Crippen LogP contribution in [0.5, 0.6) is 0 Å². The first-order valence-electron chi connectivity index (χ1n) is 3.04. The molecule has 0 heteroatoms. The molecule has 0 N–H and O–H groups in total. The van der Waals surface area contributed by atoms with Gasteiger partial charge < -0.3 is 0 Å². The van der Waals surface area contributed by atoms with Crippen LogP contribution in [0.1, 0.15) is 20.3 Å². The van der Waals surface area contributed by atoms with Crippen LogP contribution in [0.4, 0.5) is 0 Å². The van der Waals surface area contributed by atoms with Crippen molar-refractivity contribution in [2.24, 2.45) is 0 Å². The Morgan fingerprint density at radius 3 is 2.78 bits per heavy atom. The summed E-state index contributed by atoms with van der Waals surface area (Å²) in [5, 5.41) is 0. The fourth-order valence-corrected chi connectivity index (χ4v) is 0.409. The predicted molar refractivity (Wildman–Crippen MR) is 42.0 cm³/mol. The quantitative estimate of drug-likeness (QED) is 0.388. The lowest BCUT2D eigenvalue weighted by molar-refractivity contribution is 1.41. The van der Waals surface area contributed by atoms with Crippen molar-refractivity contribution in [2.75, 3.05) is 0 Å². The summed E-state index contributed by atoms with van der Waals surface area (Å²) in [6.45, 7) is 4.06. The van der Waals surface area contributed by atoms with E-state index in [2.05, 4.69) is 5.92 Å². The minimum Gasteiger partial charge on any atom is -0.120 e. The van der Waals surface area contributed by atoms with Crippen molar-refractivity contribution in [2.45, 2.75) is 20.3 Å². The third kappa shape index (κ3) is 4.90. The molecule has 0 aliphatic heterocycles. The van der Waals surface area contributed by atoms with Crippen molar-refractivity contribution in [1.82, 2.24) is 0 Å². The number of hydrogen-bond donors (Lipinski definition) is 0. The lowest BCUT2D eigenvalue weighted by Gasteiger charge is -1.84. The van der Waals surface area contributed by atoms with E-state index < -0.39 is 0 Å². The van der Waals surface area contributed by atoms with E-state index in [4.69, 9.17) is 6.42 Å². The van der Waals surface area contributed by atoms with Crippen molar-refractivity contribution in [3.63, 3.8) is 0 Å². The fraction of sp³-hybridized carbons (Fsp3) is 0.333. The number of hydrogen-bond acceptors (Lipinski definition) is 0. The molecule has 0 fully saturated rings. The number of rotatable bonds is 2. The summed E-state index contributed by atoms with van der Waals surface area (Å²) in [6, 6.07) is 0. The molecule has 0 aromatic carbocycles. The van der Waals surface area contributed by atoms with Crippen LogP contribution in [0.3, 0.4) is 0 Å². The monoisotopic (exact) mass is 120 g/mol. The topological polar surface area (TPSA) is 0 Å².